The lowest BCUT2D eigenvalue weighted by atomic mass is 10.1. The molecule has 0 saturated carbocycles. The zero-order valence-electron chi connectivity index (χ0n) is 11.9. The van der Waals surface area contributed by atoms with Gasteiger partial charge in [-0.25, -0.2) is 4.98 Å². The van der Waals surface area contributed by atoms with E-state index >= 15 is 0 Å². The monoisotopic (exact) mass is 274 g/mol. The maximum atomic E-state index is 4.70. The van der Waals surface area contributed by atoms with Crippen molar-refractivity contribution in [3.63, 3.8) is 0 Å². The minimum atomic E-state index is 1.09. The van der Waals surface area contributed by atoms with Crippen LogP contribution in [0.5, 0.6) is 0 Å². The minimum Gasteiger partial charge on any atom is -0.258 e. The standard InChI is InChI=1S/C16H22N2S/c1-3-7-14-9-6-10-15(18-14)8-4-5-11-16-13(2)17-12-19-16/h6,9-10,12H,3-5,7-8,11H2,1-2H3. The molecule has 2 rings (SSSR count). The Hall–Kier alpha value is -1.22. The van der Waals surface area contributed by atoms with Crippen LogP contribution in [0.2, 0.25) is 0 Å². The van der Waals surface area contributed by atoms with E-state index in [0.717, 1.165) is 19.3 Å². The highest BCUT2D eigenvalue weighted by Crippen LogP contribution is 2.16. The number of hydrogen-bond donors (Lipinski definition) is 0. The molecule has 0 bridgehead atoms. The van der Waals surface area contributed by atoms with Crippen molar-refractivity contribution in [1.29, 1.82) is 0 Å². The highest BCUT2D eigenvalue weighted by atomic mass is 32.1. The topological polar surface area (TPSA) is 25.8 Å². The first-order chi connectivity index (χ1) is 9.29. The summed E-state index contributed by atoms with van der Waals surface area (Å²) in [5.74, 6) is 0. The van der Waals surface area contributed by atoms with E-state index in [2.05, 4.69) is 37.0 Å². The zero-order valence-corrected chi connectivity index (χ0v) is 12.7. The summed E-state index contributed by atoms with van der Waals surface area (Å²) in [7, 11) is 0. The molecule has 19 heavy (non-hydrogen) atoms. The van der Waals surface area contributed by atoms with Crippen LogP contribution in [0, 0.1) is 6.92 Å². The van der Waals surface area contributed by atoms with Crippen LogP contribution in [0.25, 0.3) is 0 Å². The first kappa shape index (κ1) is 14.2. The molecule has 2 nitrogen and oxygen atoms in total. The van der Waals surface area contributed by atoms with Gasteiger partial charge in [0.25, 0.3) is 0 Å². The maximum Gasteiger partial charge on any atom is 0.0797 e. The van der Waals surface area contributed by atoms with Gasteiger partial charge in [0.15, 0.2) is 0 Å². The Morgan fingerprint density at radius 2 is 1.79 bits per heavy atom. The fraction of sp³-hybridized carbons (Fsp3) is 0.500. The van der Waals surface area contributed by atoms with E-state index < -0.39 is 0 Å². The zero-order chi connectivity index (χ0) is 13.5. The second-order valence-corrected chi connectivity index (χ2v) is 5.88. The molecule has 0 aromatic carbocycles. The number of aromatic nitrogens is 2. The first-order valence-corrected chi connectivity index (χ1v) is 8.01. The molecule has 0 amide bonds. The predicted molar refractivity (Wildman–Crippen MR) is 81.7 cm³/mol. The van der Waals surface area contributed by atoms with E-state index in [4.69, 9.17) is 4.98 Å². The van der Waals surface area contributed by atoms with Crippen LogP contribution >= 0.6 is 11.3 Å². The van der Waals surface area contributed by atoms with Crippen molar-refractivity contribution >= 4 is 11.3 Å². The van der Waals surface area contributed by atoms with Crippen molar-refractivity contribution in [2.24, 2.45) is 0 Å². The summed E-state index contributed by atoms with van der Waals surface area (Å²) in [5, 5.41) is 0. The van der Waals surface area contributed by atoms with E-state index in [-0.39, 0.29) is 0 Å². The summed E-state index contributed by atoms with van der Waals surface area (Å²) in [6.07, 6.45) is 6.94. The molecule has 2 heterocycles. The maximum absolute atomic E-state index is 4.70. The predicted octanol–water partition coefficient (Wildman–Crippen LogP) is 4.36. The number of unbranched alkanes of at least 4 members (excludes halogenated alkanes) is 1. The van der Waals surface area contributed by atoms with Gasteiger partial charge in [-0.2, -0.15) is 0 Å². The number of thiazole rings is 1. The molecule has 0 saturated heterocycles. The number of aryl methyl sites for hydroxylation is 4. The molecular formula is C16H22N2S. The van der Waals surface area contributed by atoms with Gasteiger partial charge in [-0.3, -0.25) is 4.98 Å². The second kappa shape index (κ2) is 7.39. The third-order valence-electron chi connectivity index (χ3n) is 3.30. The summed E-state index contributed by atoms with van der Waals surface area (Å²) in [4.78, 5) is 10.4. The van der Waals surface area contributed by atoms with Gasteiger partial charge >= 0.3 is 0 Å². The van der Waals surface area contributed by atoms with Crippen molar-refractivity contribution in [3.8, 4) is 0 Å². The van der Waals surface area contributed by atoms with Crippen LogP contribution in [-0.4, -0.2) is 9.97 Å². The Morgan fingerprint density at radius 1 is 1.05 bits per heavy atom. The lowest BCUT2D eigenvalue weighted by molar-refractivity contribution is 0.720. The van der Waals surface area contributed by atoms with Crippen LogP contribution in [0.3, 0.4) is 0 Å². The van der Waals surface area contributed by atoms with E-state index in [1.165, 1.54) is 41.2 Å². The largest absolute Gasteiger partial charge is 0.258 e. The van der Waals surface area contributed by atoms with Gasteiger partial charge in [0.2, 0.25) is 0 Å². The summed E-state index contributed by atoms with van der Waals surface area (Å²) in [5.41, 5.74) is 5.62. The van der Waals surface area contributed by atoms with Crippen LogP contribution in [0.4, 0.5) is 0 Å². The molecule has 0 aliphatic rings. The van der Waals surface area contributed by atoms with Gasteiger partial charge < -0.3 is 0 Å². The number of hydrogen-bond acceptors (Lipinski definition) is 3. The van der Waals surface area contributed by atoms with Gasteiger partial charge in [-0.05, 0) is 51.2 Å². The Morgan fingerprint density at radius 3 is 2.47 bits per heavy atom. The van der Waals surface area contributed by atoms with Gasteiger partial charge in [-0.15, -0.1) is 11.3 Å². The Kier molecular flexibility index (Phi) is 5.52. The Labute approximate surface area is 119 Å². The highest BCUT2D eigenvalue weighted by Gasteiger charge is 2.02. The average Bonchev–Trinajstić information content (AvgIpc) is 2.81. The second-order valence-electron chi connectivity index (χ2n) is 4.94. The van der Waals surface area contributed by atoms with E-state index in [0.29, 0.717) is 0 Å². The fourth-order valence-electron chi connectivity index (χ4n) is 2.22. The average molecular weight is 274 g/mol. The van der Waals surface area contributed by atoms with Crippen LogP contribution < -0.4 is 0 Å². The van der Waals surface area contributed by atoms with Gasteiger partial charge in [0.1, 0.15) is 0 Å². The molecule has 0 spiro atoms. The molecule has 0 aliphatic heterocycles. The molecule has 0 fully saturated rings. The lowest BCUT2D eigenvalue weighted by Gasteiger charge is -2.04. The normalized spacial score (nSPS) is 10.8. The quantitative estimate of drug-likeness (QED) is 0.701. The molecule has 0 radical (unpaired) electrons. The molecule has 2 aromatic rings. The van der Waals surface area contributed by atoms with E-state index in [1.807, 2.05) is 5.51 Å². The number of pyridine rings is 1. The number of rotatable bonds is 7. The summed E-state index contributed by atoms with van der Waals surface area (Å²) in [6.45, 7) is 4.30. The SMILES string of the molecule is CCCc1cccc(CCCCc2scnc2C)n1. The van der Waals surface area contributed by atoms with Crippen molar-refractivity contribution < 1.29 is 0 Å². The molecule has 0 aliphatic carbocycles. The lowest BCUT2D eigenvalue weighted by Crippen LogP contribution is -1.96. The van der Waals surface area contributed by atoms with E-state index in [9.17, 15) is 0 Å². The third kappa shape index (κ3) is 4.43. The minimum absolute atomic E-state index is 1.09. The Bertz CT molecular complexity index is 505. The van der Waals surface area contributed by atoms with Crippen molar-refractivity contribution in [2.75, 3.05) is 0 Å². The van der Waals surface area contributed by atoms with E-state index in [1.54, 1.807) is 11.3 Å². The summed E-state index contributed by atoms with van der Waals surface area (Å²) >= 11 is 1.78. The number of nitrogens with zero attached hydrogens (tertiary/aromatic N) is 2. The molecule has 2 aromatic heterocycles. The van der Waals surface area contributed by atoms with Crippen LogP contribution in [0.15, 0.2) is 23.7 Å². The van der Waals surface area contributed by atoms with Crippen molar-refractivity contribution in [2.45, 2.75) is 52.4 Å². The van der Waals surface area contributed by atoms with Gasteiger partial charge in [-0.1, -0.05) is 19.4 Å². The van der Waals surface area contributed by atoms with Crippen molar-refractivity contribution in [1.82, 2.24) is 9.97 Å². The van der Waals surface area contributed by atoms with Crippen LogP contribution in [0.1, 0.15) is 48.1 Å². The van der Waals surface area contributed by atoms with Gasteiger partial charge in [0.05, 0.1) is 11.2 Å². The molecule has 0 atom stereocenters. The highest BCUT2D eigenvalue weighted by molar-refractivity contribution is 7.09. The molecule has 0 unspecified atom stereocenters. The van der Waals surface area contributed by atoms with Crippen molar-refractivity contribution in [3.05, 3.63) is 45.7 Å². The fourth-order valence-corrected chi connectivity index (χ4v) is 3.05. The molecule has 0 N–H and O–H groups in total. The van der Waals surface area contributed by atoms with Gasteiger partial charge in [0, 0.05) is 16.3 Å². The van der Waals surface area contributed by atoms with Crippen LogP contribution in [-0.2, 0) is 19.3 Å². The molecule has 102 valence electrons. The Balaban J connectivity index is 1.76. The first-order valence-electron chi connectivity index (χ1n) is 7.13. The molecule has 3 heteroatoms. The summed E-state index contributed by atoms with van der Waals surface area (Å²) < 4.78 is 0. The molecular weight excluding hydrogens is 252 g/mol. The summed E-state index contributed by atoms with van der Waals surface area (Å²) in [6, 6.07) is 6.42. The third-order valence-corrected chi connectivity index (χ3v) is 4.30. The smallest absolute Gasteiger partial charge is 0.0797 e.